The van der Waals surface area contributed by atoms with Gasteiger partial charge in [-0.1, -0.05) is 6.07 Å². The maximum absolute atomic E-state index is 12.7. The Morgan fingerprint density at radius 1 is 1.12 bits per heavy atom. The number of aryl methyl sites for hydroxylation is 1. The van der Waals surface area contributed by atoms with Gasteiger partial charge >= 0.3 is 0 Å². The Balaban J connectivity index is 1.30. The zero-order chi connectivity index (χ0) is 17.2. The number of imidazole rings is 1. The van der Waals surface area contributed by atoms with Crippen LogP contribution in [0.5, 0.6) is 0 Å². The van der Waals surface area contributed by atoms with Crippen molar-refractivity contribution in [1.29, 1.82) is 0 Å². The fourth-order valence-corrected chi connectivity index (χ4v) is 3.66. The highest BCUT2D eigenvalue weighted by Crippen LogP contribution is 2.17. The summed E-state index contributed by atoms with van der Waals surface area (Å²) in [6.45, 7) is 5.39. The molecule has 7 nitrogen and oxygen atoms in total. The van der Waals surface area contributed by atoms with Crippen LogP contribution in [0.4, 0.5) is 5.82 Å². The third-order valence-electron chi connectivity index (χ3n) is 5.15. The van der Waals surface area contributed by atoms with Gasteiger partial charge in [-0.15, -0.1) is 0 Å². The van der Waals surface area contributed by atoms with E-state index in [4.69, 9.17) is 0 Å². The smallest absolute Gasteiger partial charge is 0.236 e. The van der Waals surface area contributed by atoms with Crippen molar-refractivity contribution in [3.63, 3.8) is 0 Å². The fraction of sp³-hybridized carbons (Fsp3) is 0.500. The number of amides is 1. The van der Waals surface area contributed by atoms with Gasteiger partial charge in [0.2, 0.25) is 5.91 Å². The van der Waals surface area contributed by atoms with Gasteiger partial charge in [-0.3, -0.25) is 9.69 Å². The lowest BCUT2D eigenvalue weighted by atomic mass is 10.1. The molecule has 2 aliphatic heterocycles. The molecule has 0 aliphatic carbocycles. The van der Waals surface area contributed by atoms with Crippen molar-refractivity contribution in [3.05, 3.63) is 42.1 Å². The molecule has 2 aromatic rings. The Bertz CT molecular complexity index is 735. The molecule has 0 aromatic carbocycles. The molecule has 0 bridgehead atoms. The van der Waals surface area contributed by atoms with Crippen molar-refractivity contribution < 1.29 is 4.79 Å². The first kappa shape index (κ1) is 16.1. The predicted molar refractivity (Wildman–Crippen MR) is 95.2 cm³/mol. The number of carbonyl (C=O) groups excluding carboxylic acids is 1. The molecule has 0 N–H and O–H groups in total. The van der Waals surface area contributed by atoms with Crippen LogP contribution in [0.15, 0.2) is 30.7 Å². The van der Waals surface area contributed by atoms with Crippen LogP contribution < -0.4 is 4.90 Å². The summed E-state index contributed by atoms with van der Waals surface area (Å²) in [5.41, 5.74) is 2.41. The van der Waals surface area contributed by atoms with Crippen LogP contribution in [-0.4, -0.2) is 69.5 Å². The predicted octanol–water partition coefficient (Wildman–Crippen LogP) is 0.522. The topological polar surface area (TPSA) is 57.5 Å². The number of anilines is 1. The summed E-state index contributed by atoms with van der Waals surface area (Å²) in [5.74, 6) is 1.22. The number of piperazine rings is 1. The van der Waals surface area contributed by atoms with Gasteiger partial charge in [-0.2, -0.15) is 0 Å². The maximum atomic E-state index is 12.7. The molecule has 0 unspecified atom stereocenters. The zero-order valence-corrected chi connectivity index (χ0v) is 14.6. The maximum Gasteiger partial charge on any atom is 0.236 e. The van der Waals surface area contributed by atoms with E-state index in [-0.39, 0.29) is 5.91 Å². The van der Waals surface area contributed by atoms with E-state index in [1.807, 2.05) is 42.7 Å². The Kier molecular flexibility index (Phi) is 4.40. The number of pyridine rings is 1. The second kappa shape index (κ2) is 6.84. The van der Waals surface area contributed by atoms with Gasteiger partial charge in [0.05, 0.1) is 18.6 Å². The zero-order valence-electron chi connectivity index (χ0n) is 14.6. The third kappa shape index (κ3) is 3.37. The normalized spacial score (nSPS) is 18.3. The van der Waals surface area contributed by atoms with Crippen LogP contribution in [0.25, 0.3) is 0 Å². The van der Waals surface area contributed by atoms with Crippen LogP contribution in [0, 0.1) is 0 Å². The molecule has 132 valence electrons. The van der Waals surface area contributed by atoms with E-state index < -0.39 is 0 Å². The molecule has 2 aliphatic rings. The van der Waals surface area contributed by atoms with Gasteiger partial charge in [-0.05, 0) is 12.1 Å². The van der Waals surface area contributed by atoms with Crippen LogP contribution in [0.3, 0.4) is 0 Å². The summed E-state index contributed by atoms with van der Waals surface area (Å²) in [4.78, 5) is 27.9. The van der Waals surface area contributed by atoms with Gasteiger partial charge in [0.1, 0.15) is 5.82 Å². The van der Waals surface area contributed by atoms with Gasteiger partial charge in [0.15, 0.2) is 0 Å². The van der Waals surface area contributed by atoms with Crippen LogP contribution in [0.1, 0.15) is 11.4 Å². The number of hydrogen-bond donors (Lipinski definition) is 0. The molecule has 7 heteroatoms. The van der Waals surface area contributed by atoms with E-state index in [0.29, 0.717) is 6.54 Å². The first-order valence-electron chi connectivity index (χ1n) is 8.86. The SMILES string of the molecule is Cn1cnc2c1CCN(CC(=O)N1CCN(c3ccccn3)CC1)C2. The van der Waals surface area contributed by atoms with E-state index in [0.717, 1.165) is 57.2 Å². The second-order valence-electron chi connectivity index (χ2n) is 6.77. The second-order valence-corrected chi connectivity index (χ2v) is 6.77. The summed E-state index contributed by atoms with van der Waals surface area (Å²) in [6, 6.07) is 5.95. The standard InChI is InChI=1S/C18H24N6O/c1-21-14-20-15-12-22(7-5-16(15)21)13-18(25)24-10-8-23(9-11-24)17-4-2-3-6-19-17/h2-4,6,14H,5,7-13H2,1H3. The molecule has 4 heterocycles. The summed E-state index contributed by atoms with van der Waals surface area (Å²) in [7, 11) is 2.04. The molecule has 0 atom stereocenters. The molecule has 0 saturated carbocycles. The van der Waals surface area contributed by atoms with Crippen molar-refractivity contribution in [1.82, 2.24) is 24.3 Å². The molecule has 1 saturated heterocycles. The largest absolute Gasteiger partial charge is 0.353 e. The molecular weight excluding hydrogens is 316 g/mol. The number of fused-ring (bicyclic) bond motifs is 1. The summed E-state index contributed by atoms with van der Waals surface area (Å²) < 4.78 is 2.09. The van der Waals surface area contributed by atoms with E-state index in [2.05, 4.69) is 24.3 Å². The Morgan fingerprint density at radius 3 is 2.72 bits per heavy atom. The minimum Gasteiger partial charge on any atom is -0.353 e. The molecule has 0 spiro atoms. The lowest BCUT2D eigenvalue weighted by molar-refractivity contribution is -0.133. The number of rotatable bonds is 3. The average Bonchev–Trinajstić information content (AvgIpc) is 3.03. The molecule has 4 rings (SSSR count). The number of carbonyl (C=O) groups is 1. The number of nitrogens with zero attached hydrogens (tertiary/aromatic N) is 6. The highest BCUT2D eigenvalue weighted by atomic mass is 16.2. The first-order valence-corrected chi connectivity index (χ1v) is 8.86. The van der Waals surface area contributed by atoms with E-state index in [1.165, 1.54) is 5.69 Å². The van der Waals surface area contributed by atoms with Crippen LogP contribution in [-0.2, 0) is 24.8 Å². The van der Waals surface area contributed by atoms with Crippen molar-refractivity contribution in [2.24, 2.45) is 7.05 Å². The van der Waals surface area contributed by atoms with Gasteiger partial charge < -0.3 is 14.4 Å². The fourth-order valence-electron chi connectivity index (χ4n) is 3.66. The number of aromatic nitrogens is 3. The van der Waals surface area contributed by atoms with E-state index in [1.54, 1.807) is 0 Å². The molecule has 2 aromatic heterocycles. The molecule has 1 fully saturated rings. The lowest BCUT2D eigenvalue weighted by Crippen LogP contribution is -2.51. The van der Waals surface area contributed by atoms with Gasteiger partial charge in [-0.25, -0.2) is 9.97 Å². The first-order chi connectivity index (χ1) is 12.2. The highest BCUT2D eigenvalue weighted by molar-refractivity contribution is 5.78. The molecular formula is C18H24N6O. The summed E-state index contributed by atoms with van der Waals surface area (Å²) >= 11 is 0. The van der Waals surface area contributed by atoms with E-state index in [9.17, 15) is 4.79 Å². The van der Waals surface area contributed by atoms with E-state index >= 15 is 0 Å². The number of hydrogen-bond acceptors (Lipinski definition) is 5. The molecule has 25 heavy (non-hydrogen) atoms. The molecule has 1 amide bonds. The lowest BCUT2D eigenvalue weighted by Gasteiger charge is -2.36. The summed E-state index contributed by atoms with van der Waals surface area (Å²) in [6.07, 6.45) is 4.65. The molecule has 0 radical (unpaired) electrons. The Morgan fingerprint density at radius 2 is 1.96 bits per heavy atom. The Hall–Kier alpha value is -2.41. The van der Waals surface area contributed by atoms with Crippen LogP contribution in [0.2, 0.25) is 0 Å². The van der Waals surface area contributed by atoms with Crippen molar-refractivity contribution in [2.45, 2.75) is 13.0 Å². The average molecular weight is 340 g/mol. The van der Waals surface area contributed by atoms with Crippen molar-refractivity contribution in [3.8, 4) is 0 Å². The third-order valence-corrected chi connectivity index (χ3v) is 5.15. The van der Waals surface area contributed by atoms with Crippen molar-refractivity contribution >= 4 is 11.7 Å². The van der Waals surface area contributed by atoms with Crippen LogP contribution >= 0.6 is 0 Å². The Labute approximate surface area is 147 Å². The van der Waals surface area contributed by atoms with Gasteiger partial charge in [0, 0.05) is 64.6 Å². The summed E-state index contributed by atoms with van der Waals surface area (Å²) in [5, 5.41) is 0. The van der Waals surface area contributed by atoms with Crippen molar-refractivity contribution in [2.75, 3.05) is 44.2 Å². The monoisotopic (exact) mass is 340 g/mol. The quantitative estimate of drug-likeness (QED) is 0.815. The highest BCUT2D eigenvalue weighted by Gasteiger charge is 2.26. The minimum absolute atomic E-state index is 0.222. The minimum atomic E-state index is 0.222. The van der Waals surface area contributed by atoms with Gasteiger partial charge in [0.25, 0.3) is 0 Å².